The fourth-order valence-electron chi connectivity index (χ4n) is 5.56. The van der Waals surface area contributed by atoms with Crippen molar-refractivity contribution in [2.45, 2.75) is 24.3 Å². The van der Waals surface area contributed by atoms with Gasteiger partial charge < -0.3 is 15.0 Å². The second-order valence-electron chi connectivity index (χ2n) is 10.7. The molecule has 9 nitrogen and oxygen atoms in total. The number of fused-ring (bicyclic) bond motifs is 2. The molecule has 0 saturated carbocycles. The number of benzene rings is 1. The number of sulfone groups is 1. The number of nitrogens with zero attached hydrogens (tertiary/aromatic N) is 4. The molecule has 12 heteroatoms. The molecule has 1 amide bonds. The molecule has 1 N–H and O–H groups in total. The van der Waals surface area contributed by atoms with E-state index in [-0.39, 0.29) is 12.1 Å². The number of ether oxygens (including phenoxy) is 1. The first-order chi connectivity index (χ1) is 20.2. The Bertz CT molecular complexity index is 1770. The van der Waals surface area contributed by atoms with Crippen molar-refractivity contribution >= 4 is 32.5 Å². The summed E-state index contributed by atoms with van der Waals surface area (Å²) in [6.45, 7) is 3.56. The van der Waals surface area contributed by atoms with E-state index in [0.29, 0.717) is 28.7 Å². The van der Waals surface area contributed by atoms with Crippen LogP contribution in [-0.4, -0.2) is 61.8 Å². The number of carbonyl (C=O) groups excluding carboxylic acids is 1. The monoisotopic (exact) mass is 593 g/mol. The van der Waals surface area contributed by atoms with Crippen LogP contribution >= 0.6 is 0 Å². The van der Waals surface area contributed by atoms with E-state index >= 15 is 0 Å². The number of nitrogens with one attached hydrogen (secondary N) is 1. The molecular formula is C30H29F2N5O4S. The van der Waals surface area contributed by atoms with E-state index in [9.17, 15) is 22.0 Å². The van der Waals surface area contributed by atoms with Crippen LogP contribution < -0.4 is 10.2 Å². The molecule has 0 radical (unpaired) electrons. The molecule has 0 aliphatic carbocycles. The average Bonchev–Trinajstić information content (AvgIpc) is 3.47. The fourth-order valence-corrected chi connectivity index (χ4v) is 6.48. The summed E-state index contributed by atoms with van der Waals surface area (Å²) < 4.78 is 56.3. The van der Waals surface area contributed by atoms with Crippen molar-refractivity contribution in [1.82, 2.24) is 20.3 Å². The number of hydrogen-bond acceptors (Lipinski definition) is 8. The molecule has 2 saturated heterocycles. The van der Waals surface area contributed by atoms with Crippen LogP contribution in [0.15, 0.2) is 65.7 Å². The van der Waals surface area contributed by atoms with Gasteiger partial charge in [0.25, 0.3) is 12.3 Å². The summed E-state index contributed by atoms with van der Waals surface area (Å²) in [5.74, 6) is 1.47. The highest BCUT2D eigenvalue weighted by Crippen LogP contribution is 2.32. The van der Waals surface area contributed by atoms with Crippen LogP contribution in [0.3, 0.4) is 0 Å². The van der Waals surface area contributed by atoms with Gasteiger partial charge in [-0.1, -0.05) is 12.1 Å². The van der Waals surface area contributed by atoms with Gasteiger partial charge >= 0.3 is 0 Å². The minimum Gasteiger partial charge on any atom is -0.381 e. The maximum Gasteiger partial charge on any atom is 0.265 e. The average molecular weight is 594 g/mol. The van der Waals surface area contributed by atoms with Gasteiger partial charge in [-0.05, 0) is 54.8 Å². The van der Waals surface area contributed by atoms with E-state index in [0.717, 1.165) is 68.0 Å². The third-order valence-corrected chi connectivity index (χ3v) is 9.00. The number of anilines is 1. The number of aromatic nitrogens is 3. The van der Waals surface area contributed by atoms with Gasteiger partial charge in [0.2, 0.25) is 0 Å². The van der Waals surface area contributed by atoms with E-state index in [1.165, 1.54) is 6.07 Å². The van der Waals surface area contributed by atoms with E-state index in [4.69, 9.17) is 14.7 Å². The van der Waals surface area contributed by atoms with Crippen molar-refractivity contribution < 1.29 is 26.7 Å². The summed E-state index contributed by atoms with van der Waals surface area (Å²) in [7, 11) is -3.96. The molecule has 2 fully saturated rings. The number of halogens is 2. The van der Waals surface area contributed by atoms with Crippen molar-refractivity contribution in [2.75, 3.05) is 37.5 Å². The van der Waals surface area contributed by atoms with Crippen molar-refractivity contribution in [3.63, 3.8) is 0 Å². The van der Waals surface area contributed by atoms with Crippen LogP contribution in [-0.2, 0) is 21.1 Å². The topological polar surface area (TPSA) is 114 Å². The van der Waals surface area contributed by atoms with Crippen molar-refractivity contribution in [2.24, 2.45) is 11.8 Å². The lowest BCUT2D eigenvalue weighted by Crippen LogP contribution is -2.40. The van der Waals surface area contributed by atoms with Crippen LogP contribution in [0.25, 0.3) is 22.3 Å². The second kappa shape index (κ2) is 11.3. The van der Waals surface area contributed by atoms with Gasteiger partial charge in [0.1, 0.15) is 5.82 Å². The second-order valence-corrected chi connectivity index (χ2v) is 12.7. The Morgan fingerprint density at radius 3 is 2.69 bits per heavy atom. The summed E-state index contributed by atoms with van der Waals surface area (Å²) in [5, 5.41) is 3.49. The van der Waals surface area contributed by atoms with Crippen molar-refractivity contribution in [1.29, 1.82) is 0 Å². The Hall–Kier alpha value is -4.03. The number of hydrogen-bond donors (Lipinski definition) is 1. The van der Waals surface area contributed by atoms with Gasteiger partial charge in [0.15, 0.2) is 9.84 Å². The van der Waals surface area contributed by atoms with Crippen LogP contribution in [0.4, 0.5) is 14.6 Å². The smallest absolute Gasteiger partial charge is 0.265 e. The van der Waals surface area contributed by atoms with E-state index in [2.05, 4.69) is 15.2 Å². The SMILES string of the molecule is CS(=O)(=O)c1cc(C(=O)NCc2cc3nc(-c4cccc(N5CC[C@@H]6COC[C@@H]6C5)n4)ccc3cn2)ccc1C(F)F. The molecule has 6 rings (SSSR count). The lowest BCUT2D eigenvalue weighted by Gasteiger charge is -2.34. The minimum absolute atomic E-state index is 0.0278. The molecule has 0 bridgehead atoms. The zero-order valence-electron chi connectivity index (χ0n) is 22.8. The highest BCUT2D eigenvalue weighted by molar-refractivity contribution is 7.90. The van der Waals surface area contributed by atoms with Gasteiger partial charge in [0.05, 0.1) is 40.6 Å². The lowest BCUT2D eigenvalue weighted by molar-refractivity contribution is 0.0949. The third-order valence-electron chi connectivity index (χ3n) is 7.85. The molecule has 218 valence electrons. The fraction of sp³-hybridized carbons (Fsp3) is 0.333. The summed E-state index contributed by atoms with van der Waals surface area (Å²) in [6, 6.07) is 14.6. The third kappa shape index (κ3) is 5.82. The predicted molar refractivity (Wildman–Crippen MR) is 153 cm³/mol. The molecular weight excluding hydrogens is 564 g/mol. The zero-order valence-corrected chi connectivity index (χ0v) is 23.7. The standard InChI is InChI=1S/C30H29F2N5O4S/c1-42(39,40)27-11-18(5-7-23(27)29(31)32)30(38)34-14-22-12-26-19(13-33-22)6-8-25(35-26)24-3-2-4-28(36-24)37-10-9-20-16-41-17-21(20)15-37/h2-8,11-13,20-21,29H,9-10,14-17H2,1H3,(H,34,38)/t20-,21+/m1/s1. The van der Waals surface area contributed by atoms with Gasteiger partial charge in [-0.25, -0.2) is 27.2 Å². The molecule has 2 aliphatic heterocycles. The summed E-state index contributed by atoms with van der Waals surface area (Å²) in [6.07, 6.45) is 0.597. The Balaban J connectivity index is 1.18. The molecule has 5 heterocycles. The number of rotatable bonds is 7. The molecule has 2 aliphatic rings. The first-order valence-corrected chi connectivity index (χ1v) is 15.5. The van der Waals surface area contributed by atoms with Gasteiger partial charge in [-0.3, -0.25) is 9.78 Å². The molecule has 42 heavy (non-hydrogen) atoms. The van der Waals surface area contributed by atoms with Crippen molar-refractivity contribution in [3.8, 4) is 11.4 Å². The maximum absolute atomic E-state index is 13.3. The lowest BCUT2D eigenvalue weighted by atomic mass is 9.89. The van der Waals surface area contributed by atoms with Gasteiger partial charge in [-0.15, -0.1) is 0 Å². The molecule has 2 atom stereocenters. The molecule has 4 aromatic rings. The van der Waals surface area contributed by atoms with E-state index in [1.54, 1.807) is 12.3 Å². The van der Waals surface area contributed by atoms with Crippen LogP contribution in [0.1, 0.15) is 34.5 Å². The van der Waals surface area contributed by atoms with Gasteiger partial charge in [-0.2, -0.15) is 0 Å². The van der Waals surface area contributed by atoms with E-state index < -0.39 is 32.6 Å². The number of piperidine rings is 1. The first kappa shape index (κ1) is 28.1. The van der Waals surface area contributed by atoms with Crippen LogP contribution in [0.5, 0.6) is 0 Å². The zero-order chi connectivity index (χ0) is 29.4. The van der Waals surface area contributed by atoms with Crippen LogP contribution in [0.2, 0.25) is 0 Å². The predicted octanol–water partition coefficient (Wildman–Crippen LogP) is 4.44. The quantitative estimate of drug-likeness (QED) is 0.335. The number of amides is 1. The van der Waals surface area contributed by atoms with E-state index in [1.807, 2.05) is 30.3 Å². The molecule has 3 aromatic heterocycles. The Morgan fingerprint density at radius 2 is 1.88 bits per heavy atom. The summed E-state index contributed by atoms with van der Waals surface area (Å²) in [4.78, 5) is 28.6. The Morgan fingerprint density at radius 1 is 1.07 bits per heavy atom. The Labute approximate surface area is 241 Å². The van der Waals surface area contributed by atoms with Gasteiger partial charge in [0, 0.05) is 54.6 Å². The molecule has 1 aromatic carbocycles. The number of alkyl halides is 2. The minimum atomic E-state index is -3.96. The highest BCUT2D eigenvalue weighted by atomic mass is 32.2. The normalized spacial score (nSPS) is 18.8. The summed E-state index contributed by atoms with van der Waals surface area (Å²) in [5.41, 5.74) is 1.97. The number of carbonyl (C=O) groups is 1. The summed E-state index contributed by atoms with van der Waals surface area (Å²) >= 11 is 0. The number of pyridine rings is 3. The van der Waals surface area contributed by atoms with Crippen LogP contribution in [0, 0.1) is 11.8 Å². The molecule has 0 spiro atoms. The molecule has 0 unspecified atom stereocenters. The van der Waals surface area contributed by atoms with Crippen molar-refractivity contribution in [3.05, 3.63) is 77.6 Å². The first-order valence-electron chi connectivity index (χ1n) is 13.6. The highest BCUT2D eigenvalue weighted by Gasteiger charge is 2.34. The largest absolute Gasteiger partial charge is 0.381 e. The maximum atomic E-state index is 13.3. The Kier molecular flexibility index (Phi) is 7.58.